The van der Waals surface area contributed by atoms with Crippen LogP contribution in [-0.4, -0.2) is 69.8 Å². The van der Waals surface area contributed by atoms with Gasteiger partial charge in [-0.15, -0.1) is 11.8 Å². The molecule has 0 bridgehead atoms. The van der Waals surface area contributed by atoms with E-state index in [4.69, 9.17) is 9.47 Å². The zero-order valence-corrected chi connectivity index (χ0v) is 19.4. The van der Waals surface area contributed by atoms with Gasteiger partial charge in [-0.05, 0) is 20.3 Å². The molecule has 188 valence electrons. The van der Waals surface area contributed by atoms with E-state index in [0.717, 1.165) is 11.8 Å². The Kier molecular flexibility index (Phi) is 6.93. The second-order valence-electron chi connectivity index (χ2n) is 8.58. The lowest BCUT2D eigenvalue weighted by Crippen LogP contribution is -2.57. The lowest BCUT2D eigenvalue weighted by Gasteiger charge is -2.41. The van der Waals surface area contributed by atoms with E-state index in [1.165, 1.54) is 26.0 Å². The van der Waals surface area contributed by atoms with E-state index in [1.54, 1.807) is 17.4 Å². The van der Waals surface area contributed by atoms with E-state index in [0.29, 0.717) is 0 Å². The van der Waals surface area contributed by atoms with Crippen molar-refractivity contribution in [2.45, 2.75) is 68.1 Å². The molecule has 1 aliphatic carbocycles. The van der Waals surface area contributed by atoms with Crippen LogP contribution in [0.15, 0.2) is 35.4 Å². The first-order valence-corrected chi connectivity index (χ1v) is 11.8. The van der Waals surface area contributed by atoms with E-state index < -0.39 is 53.1 Å². The summed E-state index contributed by atoms with van der Waals surface area (Å²) in [4.78, 5) is 50.1. The molecular weight excluding hydrogens is 491 g/mol. The van der Waals surface area contributed by atoms with Crippen molar-refractivity contribution in [1.82, 2.24) is 5.32 Å². The molecular formula is C23H22F3NO7S. The number of fused-ring (bicyclic) bond motifs is 1. The lowest BCUT2D eigenvalue weighted by molar-refractivity contribution is -0.228. The van der Waals surface area contributed by atoms with Crippen LogP contribution in [-0.2, 0) is 19.1 Å². The number of Topliss-reactive ketones (excluding diaryl/α,β-unsaturated/α-hetero) is 3. The number of benzene rings is 1. The third-order valence-electron chi connectivity index (χ3n) is 6.18. The molecule has 0 spiro atoms. The predicted molar refractivity (Wildman–Crippen MR) is 117 cm³/mol. The van der Waals surface area contributed by atoms with Crippen LogP contribution >= 0.6 is 11.8 Å². The SMILES string of the molecule is CC(=O)[C@@H]1CC2=C(C(=O)c3ccccc3C2=O)[C@@H](O[C@H]2C[C@H](NC(=O)C(F)(F)F)[C@H](O)[C@H](C)O2)S1. The second kappa shape index (κ2) is 9.49. The highest BCUT2D eigenvalue weighted by atomic mass is 32.2. The number of ketones is 3. The molecule has 3 aliphatic rings. The number of allylic oxidation sites excluding steroid dienone is 1. The van der Waals surface area contributed by atoms with Crippen molar-refractivity contribution in [3.8, 4) is 0 Å². The molecule has 4 rings (SSSR count). The molecule has 8 nitrogen and oxygen atoms in total. The Bertz CT molecular complexity index is 1120. The van der Waals surface area contributed by atoms with Gasteiger partial charge < -0.3 is 19.9 Å². The topological polar surface area (TPSA) is 119 Å². The number of carbonyl (C=O) groups is 4. The van der Waals surface area contributed by atoms with Crippen molar-refractivity contribution in [3.05, 3.63) is 46.5 Å². The normalized spacial score (nSPS) is 31.0. The third-order valence-corrected chi connectivity index (χ3v) is 7.60. The number of rotatable bonds is 4. The number of thioether (sulfide) groups is 1. The summed E-state index contributed by atoms with van der Waals surface area (Å²) in [6.45, 7) is 2.75. The minimum absolute atomic E-state index is 0.0407. The Balaban J connectivity index is 1.62. The molecule has 1 amide bonds. The summed E-state index contributed by atoms with van der Waals surface area (Å²) in [5, 5.41) is 11.3. The summed E-state index contributed by atoms with van der Waals surface area (Å²) >= 11 is 1.01. The van der Waals surface area contributed by atoms with Gasteiger partial charge in [-0.3, -0.25) is 19.2 Å². The molecule has 0 aromatic heterocycles. The fraction of sp³-hybridized carbons (Fsp3) is 0.478. The molecule has 1 aromatic carbocycles. The molecule has 1 aromatic rings. The van der Waals surface area contributed by atoms with Crippen LogP contribution in [0.5, 0.6) is 0 Å². The third kappa shape index (κ3) is 4.92. The maximum Gasteiger partial charge on any atom is 0.471 e. The Morgan fingerprint density at radius 2 is 1.80 bits per heavy atom. The summed E-state index contributed by atoms with van der Waals surface area (Å²) in [6, 6.07) is 4.94. The Labute approximate surface area is 202 Å². The maximum atomic E-state index is 13.3. The van der Waals surface area contributed by atoms with Gasteiger partial charge >= 0.3 is 12.1 Å². The van der Waals surface area contributed by atoms with Crippen molar-refractivity contribution < 1.29 is 46.9 Å². The first-order valence-electron chi connectivity index (χ1n) is 10.8. The summed E-state index contributed by atoms with van der Waals surface area (Å²) in [6.07, 6.45) is -9.14. The number of amides is 1. The monoisotopic (exact) mass is 513 g/mol. The quantitative estimate of drug-likeness (QED) is 0.630. The van der Waals surface area contributed by atoms with Crippen molar-refractivity contribution in [1.29, 1.82) is 0 Å². The highest BCUT2D eigenvalue weighted by Crippen LogP contribution is 2.44. The Morgan fingerprint density at radius 3 is 2.40 bits per heavy atom. The molecule has 0 saturated carbocycles. The summed E-state index contributed by atoms with van der Waals surface area (Å²) in [5.41, 5.74) is -0.484. The number of aliphatic hydroxyl groups is 1. The van der Waals surface area contributed by atoms with E-state index in [9.17, 15) is 37.5 Å². The molecule has 0 radical (unpaired) electrons. The van der Waals surface area contributed by atoms with Crippen LogP contribution in [0.3, 0.4) is 0 Å². The van der Waals surface area contributed by atoms with Crippen LogP contribution in [0.1, 0.15) is 47.4 Å². The first-order chi connectivity index (χ1) is 16.4. The highest BCUT2D eigenvalue weighted by Gasteiger charge is 2.47. The van der Waals surface area contributed by atoms with E-state index in [-0.39, 0.29) is 46.7 Å². The van der Waals surface area contributed by atoms with Gasteiger partial charge in [0.15, 0.2) is 17.9 Å². The van der Waals surface area contributed by atoms with E-state index >= 15 is 0 Å². The molecule has 2 aliphatic heterocycles. The van der Waals surface area contributed by atoms with Gasteiger partial charge in [-0.2, -0.15) is 13.2 Å². The van der Waals surface area contributed by atoms with Gasteiger partial charge in [0, 0.05) is 28.7 Å². The maximum absolute atomic E-state index is 13.3. The zero-order chi connectivity index (χ0) is 25.7. The smallest absolute Gasteiger partial charge is 0.388 e. The number of hydrogen-bond acceptors (Lipinski definition) is 8. The van der Waals surface area contributed by atoms with Gasteiger partial charge in [0.25, 0.3) is 0 Å². The van der Waals surface area contributed by atoms with Crippen molar-refractivity contribution in [2.75, 3.05) is 0 Å². The first kappa shape index (κ1) is 25.5. The Morgan fingerprint density at radius 1 is 1.17 bits per heavy atom. The van der Waals surface area contributed by atoms with Crippen LogP contribution < -0.4 is 5.32 Å². The lowest BCUT2D eigenvalue weighted by atomic mass is 9.81. The summed E-state index contributed by atoms with van der Waals surface area (Å²) in [5.74, 6) is -3.29. The van der Waals surface area contributed by atoms with Crippen LogP contribution in [0.25, 0.3) is 0 Å². The number of halogens is 3. The minimum Gasteiger partial charge on any atom is -0.388 e. The largest absolute Gasteiger partial charge is 0.471 e. The molecule has 1 saturated heterocycles. The van der Waals surface area contributed by atoms with Gasteiger partial charge in [0.2, 0.25) is 0 Å². The fourth-order valence-electron chi connectivity index (χ4n) is 4.36. The zero-order valence-electron chi connectivity index (χ0n) is 18.6. The van der Waals surface area contributed by atoms with E-state index in [2.05, 4.69) is 0 Å². The number of aliphatic hydroxyl groups excluding tert-OH is 1. The molecule has 35 heavy (non-hydrogen) atoms. The van der Waals surface area contributed by atoms with Gasteiger partial charge in [-0.25, -0.2) is 0 Å². The molecule has 1 fully saturated rings. The standard InChI is InChI=1S/C23H22F3NO7S/c1-9(28)15-7-13-17(20(31)12-6-4-3-5-11(12)19(13)30)21(35-15)34-16-8-14(18(29)10(2)33-16)27-22(32)23(24,25)26/h3-6,10,14-16,18,21,29H,7-8H2,1-2H3,(H,27,32)/t10-,14-,15-,16-,18+,21-/m0/s1. The van der Waals surface area contributed by atoms with Crippen LogP contribution in [0, 0.1) is 0 Å². The van der Waals surface area contributed by atoms with Gasteiger partial charge in [0.05, 0.1) is 17.4 Å². The van der Waals surface area contributed by atoms with Crippen molar-refractivity contribution in [2.24, 2.45) is 0 Å². The van der Waals surface area contributed by atoms with Crippen molar-refractivity contribution >= 4 is 35.0 Å². The number of hydrogen-bond donors (Lipinski definition) is 2. The molecule has 2 N–H and O–H groups in total. The van der Waals surface area contributed by atoms with Gasteiger partial charge in [0.1, 0.15) is 17.3 Å². The average molecular weight is 513 g/mol. The number of nitrogens with one attached hydrogen (secondary N) is 1. The fourth-order valence-corrected chi connectivity index (χ4v) is 5.68. The average Bonchev–Trinajstić information content (AvgIpc) is 2.79. The Hall–Kier alpha value is -2.54. The minimum atomic E-state index is -5.15. The summed E-state index contributed by atoms with van der Waals surface area (Å²) < 4.78 is 49.7. The number of ether oxygens (including phenoxy) is 2. The van der Waals surface area contributed by atoms with Gasteiger partial charge in [-0.1, -0.05) is 24.3 Å². The van der Waals surface area contributed by atoms with Crippen LogP contribution in [0.2, 0.25) is 0 Å². The molecule has 12 heteroatoms. The summed E-state index contributed by atoms with van der Waals surface area (Å²) in [7, 11) is 0. The van der Waals surface area contributed by atoms with Crippen molar-refractivity contribution in [3.63, 3.8) is 0 Å². The van der Waals surface area contributed by atoms with E-state index in [1.807, 2.05) is 0 Å². The second-order valence-corrected chi connectivity index (χ2v) is 9.85. The molecule has 6 atom stereocenters. The number of carbonyl (C=O) groups excluding carboxylic acids is 4. The van der Waals surface area contributed by atoms with Crippen LogP contribution in [0.4, 0.5) is 13.2 Å². The highest BCUT2D eigenvalue weighted by molar-refractivity contribution is 8.01. The molecule has 2 heterocycles. The number of alkyl halides is 3. The predicted octanol–water partition coefficient (Wildman–Crippen LogP) is 2.34. The molecule has 0 unspecified atom stereocenters.